The van der Waals surface area contributed by atoms with Crippen LogP contribution in [-0.4, -0.2) is 31.1 Å². The Labute approximate surface area is 154 Å². The van der Waals surface area contributed by atoms with Crippen molar-refractivity contribution in [3.63, 3.8) is 0 Å². The molecule has 0 bridgehead atoms. The number of rotatable bonds is 3. The molecule has 0 saturated carbocycles. The largest absolute Gasteiger partial charge is 0.315 e. The fourth-order valence-corrected chi connectivity index (χ4v) is 3.96. The van der Waals surface area contributed by atoms with Crippen molar-refractivity contribution in [1.82, 2.24) is 10.2 Å². The third-order valence-electron chi connectivity index (χ3n) is 4.74. The summed E-state index contributed by atoms with van der Waals surface area (Å²) in [7, 11) is 0. The highest BCUT2D eigenvalue weighted by atomic mass is 35.5. The van der Waals surface area contributed by atoms with Gasteiger partial charge in [0.1, 0.15) is 0 Å². The van der Waals surface area contributed by atoms with Gasteiger partial charge in [-0.1, -0.05) is 59.1 Å². The normalized spacial score (nSPS) is 17.5. The van der Waals surface area contributed by atoms with E-state index in [0.717, 1.165) is 38.2 Å². The molecule has 2 aromatic carbocycles. The van der Waals surface area contributed by atoms with Gasteiger partial charge in [0, 0.05) is 19.6 Å². The smallest absolute Gasteiger partial charge is 0.0643 e. The molecule has 0 spiro atoms. The quantitative estimate of drug-likeness (QED) is 0.826. The van der Waals surface area contributed by atoms with Crippen LogP contribution in [0, 0.1) is 13.8 Å². The molecule has 0 aliphatic carbocycles. The number of halogens is 2. The van der Waals surface area contributed by atoms with Gasteiger partial charge in [-0.05, 0) is 49.6 Å². The van der Waals surface area contributed by atoms with Gasteiger partial charge in [0.2, 0.25) is 0 Å². The van der Waals surface area contributed by atoms with Crippen molar-refractivity contribution < 1.29 is 0 Å². The maximum atomic E-state index is 6.61. The standard InChI is InChI=1S/C20H24Cl2N2/c1-14-7-8-16(15(2)13-14)20(24-11-4-9-23-10-12-24)17-5-3-6-18(21)19(17)22/h3,5-8,13,20,23H,4,9-12H2,1-2H3. The van der Waals surface area contributed by atoms with E-state index in [4.69, 9.17) is 23.2 Å². The highest BCUT2D eigenvalue weighted by Gasteiger charge is 2.26. The molecule has 1 saturated heterocycles. The monoisotopic (exact) mass is 362 g/mol. The third-order valence-corrected chi connectivity index (χ3v) is 5.57. The number of hydrogen-bond acceptors (Lipinski definition) is 2. The van der Waals surface area contributed by atoms with E-state index >= 15 is 0 Å². The molecule has 1 aliphatic heterocycles. The third kappa shape index (κ3) is 3.78. The van der Waals surface area contributed by atoms with E-state index in [9.17, 15) is 0 Å². The first-order chi connectivity index (χ1) is 11.6. The lowest BCUT2D eigenvalue weighted by molar-refractivity contribution is 0.240. The summed E-state index contributed by atoms with van der Waals surface area (Å²) in [6.45, 7) is 8.44. The summed E-state index contributed by atoms with van der Waals surface area (Å²) in [5.74, 6) is 0. The van der Waals surface area contributed by atoms with E-state index in [1.807, 2.05) is 12.1 Å². The van der Waals surface area contributed by atoms with Crippen molar-refractivity contribution >= 4 is 23.2 Å². The zero-order valence-corrected chi connectivity index (χ0v) is 15.8. The molecule has 1 fully saturated rings. The summed E-state index contributed by atoms with van der Waals surface area (Å²) in [5, 5.41) is 4.77. The second kappa shape index (κ2) is 7.88. The van der Waals surface area contributed by atoms with Crippen molar-refractivity contribution in [2.45, 2.75) is 26.3 Å². The van der Waals surface area contributed by atoms with Gasteiger partial charge in [0.05, 0.1) is 16.1 Å². The van der Waals surface area contributed by atoms with Crippen LogP contribution in [0.15, 0.2) is 36.4 Å². The van der Waals surface area contributed by atoms with Crippen molar-refractivity contribution in [2.75, 3.05) is 26.2 Å². The first kappa shape index (κ1) is 17.8. The molecule has 0 aromatic heterocycles. The van der Waals surface area contributed by atoms with Crippen LogP contribution in [0.5, 0.6) is 0 Å². The summed E-state index contributed by atoms with van der Waals surface area (Å²) in [6.07, 6.45) is 1.14. The Hall–Kier alpha value is -1.06. The van der Waals surface area contributed by atoms with Crippen LogP contribution in [0.25, 0.3) is 0 Å². The molecule has 1 atom stereocenters. The fourth-order valence-electron chi connectivity index (χ4n) is 3.55. The van der Waals surface area contributed by atoms with Gasteiger partial charge >= 0.3 is 0 Å². The highest BCUT2D eigenvalue weighted by molar-refractivity contribution is 6.42. The molecular weight excluding hydrogens is 339 g/mol. The lowest BCUT2D eigenvalue weighted by Gasteiger charge is -2.33. The maximum Gasteiger partial charge on any atom is 0.0643 e. The van der Waals surface area contributed by atoms with Gasteiger partial charge in [-0.25, -0.2) is 0 Å². The molecule has 4 heteroatoms. The number of nitrogens with one attached hydrogen (secondary N) is 1. The molecule has 1 N–H and O–H groups in total. The van der Waals surface area contributed by atoms with Crippen LogP contribution in [0.1, 0.15) is 34.7 Å². The van der Waals surface area contributed by atoms with Gasteiger partial charge in [0.15, 0.2) is 0 Å². The Morgan fingerprint density at radius 3 is 2.62 bits per heavy atom. The van der Waals surface area contributed by atoms with Gasteiger partial charge < -0.3 is 5.32 Å². The van der Waals surface area contributed by atoms with E-state index in [-0.39, 0.29) is 6.04 Å². The average molecular weight is 363 g/mol. The Kier molecular flexibility index (Phi) is 5.83. The van der Waals surface area contributed by atoms with E-state index in [0.29, 0.717) is 10.0 Å². The summed E-state index contributed by atoms with van der Waals surface area (Å²) in [6, 6.07) is 12.8. The first-order valence-electron chi connectivity index (χ1n) is 8.54. The Morgan fingerprint density at radius 2 is 1.83 bits per heavy atom. The molecule has 2 nitrogen and oxygen atoms in total. The van der Waals surface area contributed by atoms with Crippen LogP contribution in [-0.2, 0) is 0 Å². The van der Waals surface area contributed by atoms with Gasteiger partial charge in [-0.15, -0.1) is 0 Å². The lowest BCUT2D eigenvalue weighted by Crippen LogP contribution is -2.33. The fraction of sp³-hybridized carbons (Fsp3) is 0.400. The number of hydrogen-bond donors (Lipinski definition) is 1. The number of nitrogens with zero attached hydrogens (tertiary/aromatic N) is 1. The Bertz CT molecular complexity index is 707. The minimum atomic E-state index is 0.136. The molecule has 0 amide bonds. The SMILES string of the molecule is Cc1ccc(C(c2cccc(Cl)c2Cl)N2CCCNCC2)c(C)c1. The Morgan fingerprint density at radius 1 is 1.00 bits per heavy atom. The lowest BCUT2D eigenvalue weighted by atomic mass is 9.92. The predicted molar refractivity (Wildman–Crippen MR) is 103 cm³/mol. The summed E-state index contributed by atoms with van der Waals surface area (Å²) >= 11 is 12.9. The van der Waals surface area contributed by atoms with Crippen molar-refractivity contribution in [3.05, 3.63) is 68.7 Å². The minimum Gasteiger partial charge on any atom is -0.315 e. The summed E-state index contributed by atoms with van der Waals surface area (Å²) in [5.41, 5.74) is 4.99. The minimum absolute atomic E-state index is 0.136. The topological polar surface area (TPSA) is 15.3 Å². The van der Waals surface area contributed by atoms with Gasteiger partial charge in [0.25, 0.3) is 0 Å². The molecule has 0 radical (unpaired) electrons. The number of benzene rings is 2. The first-order valence-corrected chi connectivity index (χ1v) is 9.29. The molecule has 2 aromatic rings. The molecule has 24 heavy (non-hydrogen) atoms. The zero-order valence-electron chi connectivity index (χ0n) is 14.3. The summed E-state index contributed by atoms with van der Waals surface area (Å²) in [4.78, 5) is 2.52. The van der Waals surface area contributed by atoms with Gasteiger partial charge in [-0.2, -0.15) is 0 Å². The average Bonchev–Trinajstić information content (AvgIpc) is 2.83. The van der Waals surface area contributed by atoms with E-state index in [1.165, 1.54) is 16.7 Å². The van der Waals surface area contributed by atoms with E-state index in [2.05, 4.69) is 48.3 Å². The Balaban J connectivity index is 2.11. The van der Waals surface area contributed by atoms with E-state index < -0.39 is 0 Å². The molecular formula is C20H24Cl2N2. The van der Waals surface area contributed by atoms with Crippen LogP contribution < -0.4 is 5.32 Å². The van der Waals surface area contributed by atoms with E-state index in [1.54, 1.807) is 0 Å². The zero-order chi connectivity index (χ0) is 17.1. The van der Waals surface area contributed by atoms with Crippen LogP contribution in [0.2, 0.25) is 10.0 Å². The highest BCUT2D eigenvalue weighted by Crippen LogP contribution is 2.38. The van der Waals surface area contributed by atoms with Crippen LogP contribution in [0.4, 0.5) is 0 Å². The van der Waals surface area contributed by atoms with Gasteiger partial charge in [-0.3, -0.25) is 4.90 Å². The maximum absolute atomic E-state index is 6.61. The van der Waals surface area contributed by atoms with Crippen LogP contribution in [0.3, 0.4) is 0 Å². The molecule has 128 valence electrons. The van der Waals surface area contributed by atoms with Crippen LogP contribution >= 0.6 is 23.2 Å². The molecule has 1 aliphatic rings. The second-order valence-electron chi connectivity index (χ2n) is 6.55. The van der Waals surface area contributed by atoms with Crippen molar-refractivity contribution in [2.24, 2.45) is 0 Å². The number of aryl methyl sites for hydroxylation is 2. The molecule has 1 unspecified atom stereocenters. The van der Waals surface area contributed by atoms with Crippen molar-refractivity contribution in [1.29, 1.82) is 0 Å². The second-order valence-corrected chi connectivity index (χ2v) is 7.33. The summed E-state index contributed by atoms with van der Waals surface area (Å²) < 4.78 is 0. The predicted octanol–water partition coefficient (Wildman–Crippen LogP) is 4.99. The molecule has 1 heterocycles. The molecule has 3 rings (SSSR count). The van der Waals surface area contributed by atoms with Crippen molar-refractivity contribution in [3.8, 4) is 0 Å².